The van der Waals surface area contributed by atoms with Crippen LogP contribution < -0.4 is 14.7 Å². The van der Waals surface area contributed by atoms with Gasteiger partial charge in [-0.1, -0.05) is 17.7 Å². The fraction of sp³-hybridized carbons (Fsp3) is 0.273. The summed E-state index contributed by atoms with van der Waals surface area (Å²) >= 11 is 1.34. The molecule has 1 aromatic heterocycles. The van der Waals surface area contributed by atoms with Crippen LogP contribution in [0.25, 0.3) is 11.4 Å². The largest absolute Gasteiger partial charge is 0.504 e. The molecule has 3 N–H and O–H groups in total. The lowest BCUT2D eigenvalue weighted by atomic mass is 10.1. The van der Waals surface area contributed by atoms with Crippen LogP contribution in [0.3, 0.4) is 0 Å². The molecule has 0 fully saturated rings. The third-order valence-corrected chi connectivity index (χ3v) is 5.39. The summed E-state index contributed by atoms with van der Waals surface area (Å²) in [6, 6.07) is 13.1. The minimum Gasteiger partial charge on any atom is -0.504 e. The summed E-state index contributed by atoms with van der Waals surface area (Å²) in [5.41, 5.74) is 5.45. The molecule has 0 bridgehead atoms. The summed E-state index contributed by atoms with van der Waals surface area (Å²) < 4.78 is 7.38. The molecule has 0 aliphatic rings. The number of ether oxygens (including phenoxy) is 1. The average molecular weight is 441 g/mol. The molecule has 0 atom stereocenters. The van der Waals surface area contributed by atoms with E-state index in [1.165, 1.54) is 29.6 Å². The van der Waals surface area contributed by atoms with Gasteiger partial charge in [0.05, 0.1) is 35.8 Å². The van der Waals surface area contributed by atoms with E-state index in [0.29, 0.717) is 17.9 Å². The van der Waals surface area contributed by atoms with E-state index < -0.39 is 0 Å². The Morgan fingerprint density at radius 1 is 1.29 bits per heavy atom. The van der Waals surface area contributed by atoms with Gasteiger partial charge in [-0.05, 0) is 68.4 Å². The zero-order valence-electron chi connectivity index (χ0n) is 17.8. The Morgan fingerprint density at radius 2 is 2.06 bits per heavy atom. The monoisotopic (exact) mass is 440 g/mol. The van der Waals surface area contributed by atoms with Gasteiger partial charge in [0.15, 0.2) is 11.5 Å². The van der Waals surface area contributed by atoms with Crippen molar-refractivity contribution in [3.63, 3.8) is 0 Å². The van der Waals surface area contributed by atoms with Crippen molar-refractivity contribution in [1.82, 2.24) is 15.6 Å². The number of aromatic amines is 1. The lowest BCUT2D eigenvalue weighted by Crippen LogP contribution is -2.36. The quantitative estimate of drug-likeness (QED) is 0.205. The van der Waals surface area contributed by atoms with Gasteiger partial charge in [-0.3, -0.25) is 4.79 Å². The molecular formula is C22H26N5O3S+. The Morgan fingerprint density at radius 3 is 2.77 bits per heavy atom. The number of aromatic hydroxyl groups is 1. The number of H-pyrrole nitrogens is 1. The van der Waals surface area contributed by atoms with E-state index in [1.807, 2.05) is 37.5 Å². The first-order chi connectivity index (χ1) is 15.0. The van der Waals surface area contributed by atoms with Crippen LogP contribution >= 0.6 is 11.8 Å². The van der Waals surface area contributed by atoms with Gasteiger partial charge in [-0.2, -0.15) is 5.10 Å². The van der Waals surface area contributed by atoms with E-state index in [4.69, 9.17) is 4.74 Å². The number of nitrogens with zero attached hydrogens (tertiary/aromatic N) is 3. The summed E-state index contributed by atoms with van der Waals surface area (Å²) in [4.78, 5) is 12.2. The zero-order chi connectivity index (χ0) is 22.2. The lowest BCUT2D eigenvalue weighted by molar-refractivity contribution is -0.719. The van der Waals surface area contributed by atoms with E-state index in [0.717, 1.165) is 23.1 Å². The first-order valence-electron chi connectivity index (χ1n) is 9.97. The van der Waals surface area contributed by atoms with E-state index in [9.17, 15) is 9.90 Å². The van der Waals surface area contributed by atoms with Crippen molar-refractivity contribution in [1.29, 1.82) is 0 Å². The highest BCUT2D eigenvalue weighted by Crippen LogP contribution is 2.26. The van der Waals surface area contributed by atoms with Crippen molar-refractivity contribution in [3.8, 4) is 22.9 Å². The van der Waals surface area contributed by atoms with Gasteiger partial charge in [-0.15, -0.1) is 5.10 Å². The Balaban J connectivity index is 1.58. The molecule has 0 spiro atoms. The van der Waals surface area contributed by atoms with Crippen LogP contribution in [-0.2, 0) is 11.3 Å². The molecule has 0 aliphatic heterocycles. The minimum absolute atomic E-state index is 0.0627. The summed E-state index contributed by atoms with van der Waals surface area (Å²) in [7, 11) is 0. The summed E-state index contributed by atoms with van der Waals surface area (Å²) in [6.45, 7) is 7.09. The Bertz CT molecular complexity index is 1060. The molecule has 0 saturated heterocycles. The van der Waals surface area contributed by atoms with Crippen molar-refractivity contribution in [2.24, 2.45) is 5.10 Å². The van der Waals surface area contributed by atoms with Crippen molar-refractivity contribution in [2.75, 3.05) is 12.4 Å². The van der Waals surface area contributed by atoms with Crippen LogP contribution in [0.4, 0.5) is 0 Å². The Kier molecular flexibility index (Phi) is 7.66. The number of hydrogen-bond acceptors (Lipinski definition) is 6. The number of carbonyl (C=O) groups is 1. The number of aromatic nitrogens is 3. The molecule has 1 amide bonds. The molecule has 0 saturated carbocycles. The number of hydrazone groups is 1. The van der Waals surface area contributed by atoms with Gasteiger partial charge >= 0.3 is 5.16 Å². The average Bonchev–Trinajstić information content (AvgIpc) is 3.18. The smallest absolute Gasteiger partial charge is 0.337 e. The molecule has 1 heterocycles. The maximum Gasteiger partial charge on any atom is 0.337 e. The molecule has 0 unspecified atom stereocenters. The van der Waals surface area contributed by atoms with Gasteiger partial charge in [-0.25, -0.2) is 9.99 Å². The highest BCUT2D eigenvalue weighted by atomic mass is 32.2. The topological polar surface area (TPSA) is 103 Å². The predicted octanol–water partition coefficient (Wildman–Crippen LogP) is 3.04. The van der Waals surface area contributed by atoms with Gasteiger partial charge in [0, 0.05) is 0 Å². The Labute approximate surface area is 185 Å². The lowest BCUT2D eigenvalue weighted by Gasteiger charge is -2.06. The van der Waals surface area contributed by atoms with E-state index in [-0.39, 0.29) is 17.4 Å². The van der Waals surface area contributed by atoms with Crippen LogP contribution in [0.5, 0.6) is 11.5 Å². The number of phenolic OH excluding ortho intramolecular Hbond substituents is 1. The molecule has 0 radical (unpaired) electrons. The molecule has 3 aromatic rings. The molecule has 9 heteroatoms. The number of benzene rings is 2. The Hall–Kier alpha value is -3.33. The maximum atomic E-state index is 12.2. The number of nitrogens with one attached hydrogen (secondary N) is 2. The fourth-order valence-electron chi connectivity index (χ4n) is 2.88. The standard InChI is InChI=1S/C22H25N5O3S/c1-4-27-21(17-9-6-15(3)7-10-17)25-26-22(27)31-14-20(29)24-23-13-16-8-11-18(28)19(12-16)30-5-2/h6-13H,4-5,14H2,1-3H3,(H2,23,24,28,29)/p+1. The first kappa shape index (κ1) is 22.4. The van der Waals surface area contributed by atoms with Crippen LogP contribution in [0, 0.1) is 6.92 Å². The van der Waals surface area contributed by atoms with Gasteiger partial charge in [0.1, 0.15) is 0 Å². The summed E-state index contributed by atoms with van der Waals surface area (Å²) in [5.74, 6) is 1.27. The molecule has 3 rings (SSSR count). The minimum atomic E-state index is -0.243. The number of carbonyl (C=O) groups excluding carboxylic acids is 1. The second-order valence-corrected chi connectivity index (χ2v) is 7.65. The second-order valence-electron chi connectivity index (χ2n) is 6.71. The number of aryl methyl sites for hydroxylation is 1. The van der Waals surface area contributed by atoms with Gasteiger partial charge < -0.3 is 9.84 Å². The third-order valence-electron chi connectivity index (χ3n) is 4.42. The van der Waals surface area contributed by atoms with Crippen LogP contribution in [0.1, 0.15) is 25.0 Å². The van der Waals surface area contributed by atoms with Crippen LogP contribution in [0.15, 0.2) is 52.7 Å². The van der Waals surface area contributed by atoms with Crippen molar-refractivity contribution < 1.29 is 19.2 Å². The highest BCUT2D eigenvalue weighted by molar-refractivity contribution is 7.99. The second kappa shape index (κ2) is 10.6. The van der Waals surface area contributed by atoms with Gasteiger partial charge in [0.2, 0.25) is 0 Å². The number of amides is 1. The van der Waals surface area contributed by atoms with Gasteiger partial charge in [0.25, 0.3) is 11.7 Å². The van der Waals surface area contributed by atoms with Crippen molar-refractivity contribution >= 4 is 23.9 Å². The summed E-state index contributed by atoms with van der Waals surface area (Å²) in [6.07, 6.45) is 1.50. The van der Waals surface area contributed by atoms with E-state index in [2.05, 4.69) is 32.9 Å². The molecule has 0 aliphatic carbocycles. The number of rotatable bonds is 9. The van der Waals surface area contributed by atoms with Crippen LogP contribution in [0.2, 0.25) is 0 Å². The molecule has 2 aromatic carbocycles. The fourth-order valence-corrected chi connectivity index (χ4v) is 3.69. The van der Waals surface area contributed by atoms with E-state index in [1.54, 1.807) is 12.1 Å². The SMILES string of the molecule is CCOc1cc(C=NNC(=O)CSc2n[nH]c(-c3ccc(C)cc3)[n+]2CC)ccc1O. The third kappa shape index (κ3) is 5.85. The number of phenols is 1. The normalized spacial score (nSPS) is 11.1. The highest BCUT2D eigenvalue weighted by Gasteiger charge is 2.21. The van der Waals surface area contributed by atoms with Crippen LogP contribution in [-0.4, -0.2) is 39.8 Å². The molecule has 31 heavy (non-hydrogen) atoms. The summed E-state index contributed by atoms with van der Waals surface area (Å²) in [5, 5.41) is 21.9. The number of thioether (sulfide) groups is 1. The molecule has 162 valence electrons. The molecular weight excluding hydrogens is 414 g/mol. The first-order valence-corrected chi connectivity index (χ1v) is 11.0. The maximum absolute atomic E-state index is 12.2. The van der Waals surface area contributed by atoms with E-state index >= 15 is 0 Å². The van der Waals surface area contributed by atoms with Crippen molar-refractivity contribution in [3.05, 3.63) is 53.6 Å². The predicted molar refractivity (Wildman–Crippen MR) is 120 cm³/mol. The zero-order valence-corrected chi connectivity index (χ0v) is 18.6. The molecule has 8 nitrogen and oxygen atoms in total. The number of hydrogen-bond donors (Lipinski definition) is 3. The van der Waals surface area contributed by atoms with Crippen molar-refractivity contribution in [2.45, 2.75) is 32.5 Å².